The van der Waals surface area contributed by atoms with Crippen LogP contribution < -0.4 is 5.32 Å². The molecule has 0 saturated carbocycles. The van der Waals surface area contributed by atoms with Gasteiger partial charge in [-0.05, 0) is 17.7 Å². The molecule has 3 rings (SSSR count). The number of ether oxygens (including phenoxy) is 1. The molecule has 0 aliphatic carbocycles. The van der Waals surface area contributed by atoms with Crippen molar-refractivity contribution >= 4 is 34.4 Å². The standard InChI is InChI=1S/C18H16ClN3O3/c1-25-16(23)9-15(12-6-2-3-8-14(12)19)21-18(24)13-7-4-5-11-10-20-22-17(11)13/h2-8,10,15H,9H2,1H3,(H,20,22)(H,21,24)/t15-/m0/s1. The molecule has 0 unspecified atom stereocenters. The first kappa shape index (κ1) is 17.0. The van der Waals surface area contributed by atoms with Crippen molar-refractivity contribution in [2.24, 2.45) is 0 Å². The molecule has 7 heteroatoms. The van der Waals surface area contributed by atoms with Crippen molar-refractivity contribution < 1.29 is 14.3 Å². The number of halogens is 1. The smallest absolute Gasteiger partial charge is 0.307 e. The Hall–Kier alpha value is -2.86. The molecule has 1 aromatic heterocycles. The number of hydrogen-bond acceptors (Lipinski definition) is 4. The van der Waals surface area contributed by atoms with E-state index in [1.54, 1.807) is 42.6 Å². The third-order valence-electron chi connectivity index (χ3n) is 3.91. The van der Waals surface area contributed by atoms with Crippen LogP contribution in [0.25, 0.3) is 10.9 Å². The number of nitrogens with zero attached hydrogens (tertiary/aromatic N) is 1. The van der Waals surface area contributed by atoms with Crippen LogP contribution in [0.3, 0.4) is 0 Å². The first-order valence-corrected chi connectivity index (χ1v) is 8.02. The average molecular weight is 358 g/mol. The number of hydrogen-bond donors (Lipinski definition) is 2. The molecule has 0 saturated heterocycles. The summed E-state index contributed by atoms with van der Waals surface area (Å²) in [5.41, 5.74) is 1.73. The number of fused-ring (bicyclic) bond motifs is 1. The Morgan fingerprint density at radius 2 is 2.04 bits per heavy atom. The number of aromatic amines is 1. The number of amides is 1. The molecule has 1 heterocycles. The van der Waals surface area contributed by atoms with E-state index in [0.29, 0.717) is 21.7 Å². The van der Waals surface area contributed by atoms with Gasteiger partial charge in [0.15, 0.2) is 0 Å². The Labute approximate surface area is 149 Å². The van der Waals surface area contributed by atoms with Crippen LogP contribution in [0.15, 0.2) is 48.7 Å². The number of methoxy groups -OCH3 is 1. The number of rotatable bonds is 5. The molecule has 25 heavy (non-hydrogen) atoms. The summed E-state index contributed by atoms with van der Waals surface area (Å²) in [7, 11) is 1.30. The van der Waals surface area contributed by atoms with Gasteiger partial charge in [-0.15, -0.1) is 0 Å². The summed E-state index contributed by atoms with van der Waals surface area (Å²) in [6.07, 6.45) is 1.62. The van der Waals surface area contributed by atoms with Gasteiger partial charge in [0, 0.05) is 10.4 Å². The van der Waals surface area contributed by atoms with Crippen molar-refractivity contribution in [2.75, 3.05) is 7.11 Å². The summed E-state index contributed by atoms with van der Waals surface area (Å²) in [5.74, 6) is -0.770. The number of H-pyrrole nitrogens is 1. The van der Waals surface area contributed by atoms with Crippen LogP contribution in [-0.2, 0) is 9.53 Å². The van der Waals surface area contributed by atoms with Crippen molar-refractivity contribution in [1.82, 2.24) is 15.5 Å². The number of para-hydroxylation sites is 1. The summed E-state index contributed by atoms with van der Waals surface area (Å²) in [6.45, 7) is 0. The topological polar surface area (TPSA) is 84.1 Å². The van der Waals surface area contributed by atoms with Crippen LogP contribution in [0.4, 0.5) is 0 Å². The lowest BCUT2D eigenvalue weighted by Crippen LogP contribution is -2.30. The molecule has 1 atom stereocenters. The predicted molar refractivity (Wildman–Crippen MR) is 94.4 cm³/mol. The minimum absolute atomic E-state index is 0.0229. The zero-order valence-electron chi connectivity index (χ0n) is 13.5. The van der Waals surface area contributed by atoms with E-state index in [4.69, 9.17) is 16.3 Å². The number of carbonyl (C=O) groups is 2. The Morgan fingerprint density at radius 3 is 2.80 bits per heavy atom. The van der Waals surface area contributed by atoms with Crippen molar-refractivity contribution in [2.45, 2.75) is 12.5 Å². The third kappa shape index (κ3) is 3.64. The molecule has 0 radical (unpaired) electrons. The van der Waals surface area contributed by atoms with Crippen molar-refractivity contribution in [3.05, 3.63) is 64.8 Å². The number of benzene rings is 2. The third-order valence-corrected chi connectivity index (χ3v) is 4.25. The molecule has 0 fully saturated rings. The molecule has 128 valence electrons. The normalized spacial score (nSPS) is 11.9. The highest BCUT2D eigenvalue weighted by molar-refractivity contribution is 6.31. The number of carbonyl (C=O) groups excluding carboxylic acids is 2. The van der Waals surface area contributed by atoms with E-state index < -0.39 is 12.0 Å². The number of nitrogens with one attached hydrogen (secondary N) is 2. The lowest BCUT2D eigenvalue weighted by molar-refractivity contribution is -0.141. The zero-order valence-corrected chi connectivity index (χ0v) is 14.2. The Bertz CT molecular complexity index is 923. The van der Waals surface area contributed by atoms with E-state index in [0.717, 1.165) is 5.39 Å². The van der Waals surface area contributed by atoms with Crippen LogP contribution in [0.2, 0.25) is 5.02 Å². The van der Waals surface area contributed by atoms with Gasteiger partial charge in [0.05, 0.1) is 36.8 Å². The molecule has 1 amide bonds. The summed E-state index contributed by atoms with van der Waals surface area (Å²) in [5, 5.41) is 10.9. The maximum atomic E-state index is 12.8. The minimum Gasteiger partial charge on any atom is -0.469 e. The van der Waals surface area contributed by atoms with Gasteiger partial charge >= 0.3 is 5.97 Å². The van der Waals surface area contributed by atoms with Crippen molar-refractivity contribution in [3.8, 4) is 0 Å². The van der Waals surface area contributed by atoms with E-state index >= 15 is 0 Å². The highest BCUT2D eigenvalue weighted by atomic mass is 35.5. The molecular weight excluding hydrogens is 342 g/mol. The van der Waals surface area contributed by atoms with Crippen LogP contribution in [-0.4, -0.2) is 29.2 Å². The maximum absolute atomic E-state index is 12.8. The Kier molecular flexibility index (Phi) is 5.00. The average Bonchev–Trinajstić information content (AvgIpc) is 3.10. The molecule has 0 bridgehead atoms. The van der Waals surface area contributed by atoms with Gasteiger partial charge in [-0.25, -0.2) is 0 Å². The molecule has 0 aliphatic heterocycles. The van der Waals surface area contributed by atoms with E-state index in [-0.39, 0.29) is 12.3 Å². The molecule has 0 aliphatic rings. The summed E-state index contributed by atoms with van der Waals surface area (Å²) >= 11 is 6.23. The van der Waals surface area contributed by atoms with Crippen LogP contribution in [0.5, 0.6) is 0 Å². The second-order valence-electron chi connectivity index (χ2n) is 5.47. The van der Waals surface area contributed by atoms with Gasteiger partial charge in [-0.3, -0.25) is 14.7 Å². The minimum atomic E-state index is -0.605. The summed E-state index contributed by atoms with van der Waals surface area (Å²) in [4.78, 5) is 24.5. The maximum Gasteiger partial charge on any atom is 0.307 e. The second kappa shape index (κ2) is 7.36. The van der Waals surface area contributed by atoms with Gasteiger partial charge in [-0.2, -0.15) is 5.10 Å². The molecule has 0 spiro atoms. The van der Waals surface area contributed by atoms with Crippen molar-refractivity contribution in [3.63, 3.8) is 0 Å². The van der Waals surface area contributed by atoms with Gasteiger partial charge in [0.1, 0.15) is 0 Å². The SMILES string of the molecule is COC(=O)C[C@H](NC(=O)c1cccc2cn[nH]c12)c1ccccc1Cl. The van der Waals surface area contributed by atoms with Crippen LogP contribution in [0.1, 0.15) is 28.4 Å². The Balaban J connectivity index is 1.92. The molecule has 2 N–H and O–H groups in total. The fourth-order valence-electron chi connectivity index (χ4n) is 2.64. The first-order valence-electron chi connectivity index (χ1n) is 7.64. The van der Waals surface area contributed by atoms with Gasteiger partial charge in [0.25, 0.3) is 5.91 Å². The lowest BCUT2D eigenvalue weighted by atomic mass is 10.0. The van der Waals surface area contributed by atoms with E-state index in [2.05, 4.69) is 15.5 Å². The molecule has 2 aromatic carbocycles. The van der Waals surface area contributed by atoms with Crippen LogP contribution in [0, 0.1) is 0 Å². The van der Waals surface area contributed by atoms with Gasteiger partial charge in [0.2, 0.25) is 0 Å². The van der Waals surface area contributed by atoms with E-state index in [1.165, 1.54) is 7.11 Å². The highest BCUT2D eigenvalue weighted by Crippen LogP contribution is 2.26. The Morgan fingerprint density at radius 1 is 1.24 bits per heavy atom. The molecule has 3 aromatic rings. The van der Waals surface area contributed by atoms with E-state index in [1.807, 2.05) is 6.07 Å². The second-order valence-corrected chi connectivity index (χ2v) is 5.87. The van der Waals surface area contributed by atoms with Gasteiger partial charge < -0.3 is 10.1 Å². The zero-order chi connectivity index (χ0) is 17.8. The molecular formula is C18H16ClN3O3. The summed E-state index contributed by atoms with van der Waals surface area (Å²) < 4.78 is 4.74. The lowest BCUT2D eigenvalue weighted by Gasteiger charge is -2.19. The summed E-state index contributed by atoms with van der Waals surface area (Å²) in [6, 6.07) is 11.8. The van der Waals surface area contributed by atoms with Crippen LogP contribution >= 0.6 is 11.6 Å². The fourth-order valence-corrected chi connectivity index (χ4v) is 2.91. The number of esters is 1. The monoisotopic (exact) mass is 357 g/mol. The number of aromatic nitrogens is 2. The first-order chi connectivity index (χ1) is 12.1. The fraction of sp³-hybridized carbons (Fsp3) is 0.167. The highest BCUT2D eigenvalue weighted by Gasteiger charge is 2.22. The molecule has 6 nitrogen and oxygen atoms in total. The van der Waals surface area contributed by atoms with Gasteiger partial charge in [-0.1, -0.05) is 41.9 Å². The largest absolute Gasteiger partial charge is 0.469 e. The quantitative estimate of drug-likeness (QED) is 0.686. The van der Waals surface area contributed by atoms with E-state index in [9.17, 15) is 9.59 Å². The predicted octanol–water partition coefficient (Wildman–Crippen LogP) is 3.25. The van der Waals surface area contributed by atoms with Crippen molar-refractivity contribution in [1.29, 1.82) is 0 Å².